The normalized spacial score (nSPS) is 18.6. The molecule has 1 atom stereocenters. The number of rotatable bonds is 2. The lowest BCUT2D eigenvalue weighted by Crippen LogP contribution is -2.39. The number of halogens is 2. The van der Waals surface area contributed by atoms with Gasteiger partial charge in [-0.3, -0.25) is 4.79 Å². The summed E-state index contributed by atoms with van der Waals surface area (Å²) >= 11 is 3.13. The van der Waals surface area contributed by atoms with Gasteiger partial charge in [0.2, 0.25) is 5.91 Å². The first-order valence-corrected chi connectivity index (χ1v) is 6.33. The van der Waals surface area contributed by atoms with E-state index in [0.29, 0.717) is 16.1 Å². The summed E-state index contributed by atoms with van der Waals surface area (Å²) in [7, 11) is 0. The SMILES string of the molecule is CC(C)CC1Nc2cc(Br)c(F)cc2NC1=O. The number of carbonyl (C=O) groups is 1. The summed E-state index contributed by atoms with van der Waals surface area (Å²) in [6.45, 7) is 4.12. The molecule has 1 aromatic rings. The molecule has 0 bridgehead atoms. The number of benzene rings is 1. The van der Waals surface area contributed by atoms with Crippen LogP contribution in [0.5, 0.6) is 0 Å². The zero-order chi connectivity index (χ0) is 12.6. The Labute approximate surface area is 108 Å². The average Bonchev–Trinajstić information content (AvgIpc) is 2.22. The van der Waals surface area contributed by atoms with E-state index in [2.05, 4.69) is 40.4 Å². The lowest BCUT2D eigenvalue weighted by molar-refractivity contribution is -0.117. The molecule has 3 nitrogen and oxygen atoms in total. The van der Waals surface area contributed by atoms with Gasteiger partial charge in [-0.15, -0.1) is 0 Å². The van der Waals surface area contributed by atoms with Crippen LogP contribution in [0, 0.1) is 11.7 Å². The van der Waals surface area contributed by atoms with E-state index < -0.39 is 0 Å². The Morgan fingerprint density at radius 1 is 1.41 bits per heavy atom. The molecule has 17 heavy (non-hydrogen) atoms. The van der Waals surface area contributed by atoms with Crippen LogP contribution >= 0.6 is 15.9 Å². The van der Waals surface area contributed by atoms with Crippen molar-refractivity contribution in [3.8, 4) is 0 Å². The maximum atomic E-state index is 13.3. The highest BCUT2D eigenvalue weighted by Crippen LogP contribution is 2.32. The molecule has 1 aromatic carbocycles. The van der Waals surface area contributed by atoms with Gasteiger partial charge in [-0.1, -0.05) is 13.8 Å². The van der Waals surface area contributed by atoms with Gasteiger partial charge in [0, 0.05) is 6.07 Å². The van der Waals surface area contributed by atoms with Crippen LogP contribution in [0.3, 0.4) is 0 Å². The Balaban J connectivity index is 2.28. The Morgan fingerprint density at radius 2 is 2.12 bits per heavy atom. The van der Waals surface area contributed by atoms with Crippen molar-refractivity contribution in [2.24, 2.45) is 5.92 Å². The maximum Gasteiger partial charge on any atom is 0.246 e. The molecule has 1 unspecified atom stereocenters. The van der Waals surface area contributed by atoms with Crippen LogP contribution in [0.15, 0.2) is 16.6 Å². The van der Waals surface area contributed by atoms with Gasteiger partial charge in [0.15, 0.2) is 0 Å². The first-order chi connectivity index (χ1) is 7.97. The zero-order valence-electron chi connectivity index (χ0n) is 9.68. The molecular formula is C12H14BrFN2O. The van der Waals surface area contributed by atoms with Gasteiger partial charge in [0.25, 0.3) is 0 Å². The van der Waals surface area contributed by atoms with E-state index in [-0.39, 0.29) is 17.8 Å². The van der Waals surface area contributed by atoms with E-state index in [4.69, 9.17) is 0 Å². The van der Waals surface area contributed by atoms with Crippen LogP contribution in [0.25, 0.3) is 0 Å². The summed E-state index contributed by atoms with van der Waals surface area (Å²) in [5.74, 6) is -0.0650. The van der Waals surface area contributed by atoms with Crippen LogP contribution in [0.1, 0.15) is 20.3 Å². The average molecular weight is 301 g/mol. The van der Waals surface area contributed by atoms with E-state index in [1.807, 2.05) is 0 Å². The Bertz CT molecular complexity index is 462. The monoisotopic (exact) mass is 300 g/mol. The molecule has 2 N–H and O–H groups in total. The number of hydrogen-bond acceptors (Lipinski definition) is 2. The fraction of sp³-hybridized carbons (Fsp3) is 0.417. The van der Waals surface area contributed by atoms with Crippen molar-refractivity contribution < 1.29 is 9.18 Å². The van der Waals surface area contributed by atoms with Gasteiger partial charge in [-0.25, -0.2) is 4.39 Å². The smallest absolute Gasteiger partial charge is 0.246 e. The van der Waals surface area contributed by atoms with Crippen LogP contribution in [0.2, 0.25) is 0 Å². The summed E-state index contributed by atoms with van der Waals surface area (Å²) in [5.41, 5.74) is 1.25. The van der Waals surface area contributed by atoms with Crippen molar-refractivity contribution in [2.45, 2.75) is 26.3 Å². The predicted molar refractivity (Wildman–Crippen MR) is 69.6 cm³/mol. The zero-order valence-corrected chi connectivity index (χ0v) is 11.3. The van der Waals surface area contributed by atoms with E-state index in [0.717, 1.165) is 12.1 Å². The molecule has 0 fully saturated rings. The van der Waals surface area contributed by atoms with Gasteiger partial charge in [-0.2, -0.15) is 0 Å². The molecule has 5 heteroatoms. The number of hydrogen-bond donors (Lipinski definition) is 2. The lowest BCUT2D eigenvalue weighted by Gasteiger charge is -2.28. The van der Waals surface area contributed by atoms with Crippen LogP contribution in [-0.4, -0.2) is 11.9 Å². The predicted octanol–water partition coefficient (Wildman–Crippen LogP) is 3.37. The molecule has 1 aliphatic heterocycles. The fourth-order valence-electron chi connectivity index (χ4n) is 1.88. The van der Waals surface area contributed by atoms with Gasteiger partial charge in [-0.05, 0) is 34.3 Å². The Kier molecular flexibility index (Phi) is 3.38. The minimum Gasteiger partial charge on any atom is -0.372 e. The quantitative estimate of drug-likeness (QED) is 0.879. The van der Waals surface area contributed by atoms with Crippen LogP contribution < -0.4 is 10.6 Å². The largest absolute Gasteiger partial charge is 0.372 e. The number of anilines is 2. The highest BCUT2D eigenvalue weighted by Gasteiger charge is 2.26. The molecule has 0 spiro atoms. The van der Waals surface area contributed by atoms with Crippen molar-refractivity contribution in [1.82, 2.24) is 0 Å². The topological polar surface area (TPSA) is 41.1 Å². The lowest BCUT2D eigenvalue weighted by atomic mass is 10.0. The molecule has 0 saturated heterocycles. The second-order valence-corrected chi connectivity index (χ2v) is 5.48. The molecule has 0 radical (unpaired) electrons. The molecular weight excluding hydrogens is 287 g/mol. The number of nitrogens with one attached hydrogen (secondary N) is 2. The molecule has 0 saturated carbocycles. The first kappa shape index (κ1) is 12.4. The maximum absolute atomic E-state index is 13.3. The van der Waals surface area contributed by atoms with E-state index in [9.17, 15) is 9.18 Å². The Hall–Kier alpha value is -1.10. The minimum absolute atomic E-state index is 0.104. The van der Waals surface area contributed by atoms with Gasteiger partial charge >= 0.3 is 0 Å². The Morgan fingerprint density at radius 3 is 2.76 bits per heavy atom. The van der Waals surface area contributed by atoms with E-state index in [1.54, 1.807) is 6.07 Å². The third-order valence-corrected chi connectivity index (χ3v) is 3.28. The summed E-state index contributed by atoms with van der Waals surface area (Å²) in [6.07, 6.45) is 0.750. The van der Waals surface area contributed by atoms with Gasteiger partial charge < -0.3 is 10.6 Å². The second kappa shape index (κ2) is 4.64. The van der Waals surface area contributed by atoms with E-state index in [1.165, 1.54) is 6.07 Å². The van der Waals surface area contributed by atoms with E-state index >= 15 is 0 Å². The van der Waals surface area contributed by atoms with Crippen LogP contribution in [-0.2, 0) is 4.79 Å². The highest BCUT2D eigenvalue weighted by molar-refractivity contribution is 9.10. The van der Waals surface area contributed by atoms with Gasteiger partial charge in [0.05, 0.1) is 15.8 Å². The van der Waals surface area contributed by atoms with Crippen molar-refractivity contribution in [2.75, 3.05) is 10.6 Å². The standard InChI is InChI=1S/C12H14BrFN2O/c1-6(2)3-11-12(17)16-10-5-8(14)7(13)4-9(10)15-11/h4-6,11,15H,3H2,1-2H3,(H,16,17). The summed E-state index contributed by atoms with van der Waals surface area (Å²) in [4.78, 5) is 11.8. The van der Waals surface area contributed by atoms with Crippen molar-refractivity contribution in [3.05, 3.63) is 22.4 Å². The molecule has 92 valence electrons. The molecule has 1 amide bonds. The second-order valence-electron chi connectivity index (χ2n) is 4.63. The fourth-order valence-corrected chi connectivity index (χ4v) is 2.22. The summed E-state index contributed by atoms with van der Waals surface area (Å²) in [6, 6.07) is 2.72. The summed E-state index contributed by atoms with van der Waals surface area (Å²) < 4.78 is 13.7. The highest BCUT2D eigenvalue weighted by atomic mass is 79.9. The minimum atomic E-state index is -0.381. The number of carbonyl (C=O) groups excluding carboxylic acids is 1. The number of fused-ring (bicyclic) bond motifs is 1. The summed E-state index contributed by atoms with van der Waals surface area (Å²) in [5, 5.41) is 5.86. The van der Waals surface area contributed by atoms with Crippen molar-refractivity contribution in [1.29, 1.82) is 0 Å². The van der Waals surface area contributed by atoms with Gasteiger partial charge in [0.1, 0.15) is 11.9 Å². The van der Waals surface area contributed by atoms with Crippen molar-refractivity contribution >= 4 is 33.2 Å². The first-order valence-electron chi connectivity index (χ1n) is 5.54. The molecule has 2 rings (SSSR count). The molecule has 1 heterocycles. The van der Waals surface area contributed by atoms with Crippen LogP contribution in [0.4, 0.5) is 15.8 Å². The number of amides is 1. The third-order valence-electron chi connectivity index (χ3n) is 2.67. The molecule has 0 aliphatic carbocycles. The molecule has 0 aromatic heterocycles. The molecule has 1 aliphatic rings. The van der Waals surface area contributed by atoms with Crippen molar-refractivity contribution in [3.63, 3.8) is 0 Å². The third kappa shape index (κ3) is 2.60.